The molecule has 0 bridgehead atoms. The minimum absolute atomic E-state index is 0.0225. The maximum absolute atomic E-state index is 12.9. The Morgan fingerprint density at radius 2 is 1.90 bits per heavy atom. The smallest absolute Gasteiger partial charge is 0.257 e. The molecule has 1 N–H and O–H groups in total. The first-order valence-corrected chi connectivity index (χ1v) is 11.4. The predicted octanol–water partition coefficient (Wildman–Crippen LogP) is 4.25. The van der Waals surface area contributed by atoms with Crippen LogP contribution in [-0.4, -0.2) is 27.3 Å². The van der Waals surface area contributed by atoms with Gasteiger partial charge in [-0.1, -0.05) is 75.2 Å². The second-order valence-electron chi connectivity index (χ2n) is 7.35. The standard InChI is InChI=1S/C23H33N3O2S/c1-5-7-8-12-15-24-21(27)20(6-2)29-23-25-17(3)19(22(28)26(23)4)16-18-13-10-9-11-14-18/h9-11,13-14,20H,5-8,12,15-16H2,1-4H3,(H,24,27). The molecule has 2 aromatic rings. The van der Waals surface area contributed by atoms with Crippen molar-refractivity contribution in [3.63, 3.8) is 0 Å². The molecule has 0 aliphatic rings. The van der Waals surface area contributed by atoms with Crippen LogP contribution in [0.5, 0.6) is 0 Å². The van der Waals surface area contributed by atoms with Gasteiger partial charge in [-0.05, 0) is 25.3 Å². The highest BCUT2D eigenvalue weighted by atomic mass is 32.2. The van der Waals surface area contributed by atoms with Crippen LogP contribution >= 0.6 is 11.8 Å². The van der Waals surface area contributed by atoms with Gasteiger partial charge >= 0.3 is 0 Å². The van der Waals surface area contributed by atoms with Crippen molar-refractivity contribution in [3.05, 3.63) is 57.5 Å². The number of aromatic nitrogens is 2. The molecule has 0 radical (unpaired) electrons. The van der Waals surface area contributed by atoms with E-state index in [4.69, 9.17) is 0 Å². The third-order valence-corrected chi connectivity index (χ3v) is 6.42. The van der Waals surface area contributed by atoms with Gasteiger partial charge in [-0.25, -0.2) is 4.98 Å². The Morgan fingerprint density at radius 1 is 1.17 bits per heavy atom. The Hall–Kier alpha value is -2.08. The number of hydrogen-bond donors (Lipinski definition) is 1. The van der Waals surface area contributed by atoms with Crippen LogP contribution in [0, 0.1) is 6.92 Å². The van der Waals surface area contributed by atoms with Crippen LogP contribution in [0.25, 0.3) is 0 Å². The van der Waals surface area contributed by atoms with Gasteiger partial charge in [0.25, 0.3) is 5.56 Å². The maximum Gasteiger partial charge on any atom is 0.257 e. The number of thioether (sulfide) groups is 1. The number of amides is 1. The minimum atomic E-state index is -0.251. The van der Waals surface area contributed by atoms with Crippen LogP contribution in [0.1, 0.15) is 62.8 Å². The molecule has 0 spiro atoms. The van der Waals surface area contributed by atoms with Crippen molar-refractivity contribution in [2.24, 2.45) is 7.05 Å². The van der Waals surface area contributed by atoms with Crippen LogP contribution in [-0.2, 0) is 18.3 Å². The Balaban J connectivity index is 2.09. The van der Waals surface area contributed by atoms with E-state index in [0.29, 0.717) is 30.1 Å². The first-order valence-electron chi connectivity index (χ1n) is 10.5. The minimum Gasteiger partial charge on any atom is -0.355 e. The zero-order chi connectivity index (χ0) is 21.2. The van der Waals surface area contributed by atoms with Gasteiger partial charge in [0.2, 0.25) is 5.91 Å². The maximum atomic E-state index is 12.9. The largest absolute Gasteiger partial charge is 0.355 e. The number of carbonyl (C=O) groups excluding carboxylic acids is 1. The van der Waals surface area contributed by atoms with Crippen LogP contribution in [0.4, 0.5) is 0 Å². The van der Waals surface area contributed by atoms with Crippen LogP contribution in [0.15, 0.2) is 40.3 Å². The summed E-state index contributed by atoms with van der Waals surface area (Å²) in [6.07, 6.45) is 5.77. The van der Waals surface area contributed by atoms with Crippen molar-refractivity contribution in [3.8, 4) is 0 Å². The molecule has 0 aliphatic heterocycles. The second-order valence-corrected chi connectivity index (χ2v) is 8.52. The van der Waals surface area contributed by atoms with Gasteiger partial charge in [0.1, 0.15) is 0 Å². The molecule has 1 atom stereocenters. The van der Waals surface area contributed by atoms with E-state index in [0.717, 1.165) is 24.1 Å². The van der Waals surface area contributed by atoms with Crippen molar-refractivity contribution >= 4 is 17.7 Å². The first kappa shape index (κ1) is 23.2. The quantitative estimate of drug-likeness (QED) is 0.339. The third kappa shape index (κ3) is 6.74. The Kier molecular flexibility index (Phi) is 9.45. The lowest BCUT2D eigenvalue weighted by Gasteiger charge is -2.17. The number of benzene rings is 1. The average Bonchev–Trinajstić information content (AvgIpc) is 2.73. The molecular weight excluding hydrogens is 382 g/mol. The van der Waals surface area contributed by atoms with Crippen LogP contribution in [0.2, 0.25) is 0 Å². The van der Waals surface area contributed by atoms with E-state index < -0.39 is 0 Å². The molecule has 6 heteroatoms. The summed E-state index contributed by atoms with van der Waals surface area (Å²) in [6, 6.07) is 9.93. The van der Waals surface area contributed by atoms with Gasteiger partial charge < -0.3 is 5.32 Å². The van der Waals surface area contributed by atoms with Gasteiger partial charge in [0.05, 0.1) is 5.25 Å². The lowest BCUT2D eigenvalue weighted by molar-refractivity contribution is -0.120. The van der Waals surface area contributed by atoms with E-state index in [1.807, 2.05) is 44.2 Å². The summed E-state index contributed by atoms with van der Waals surface area (Å²) in [5, 5.41) is 3.37. The summed E-state index contributed by atoms with van der Waals surface area (Å²) in [4.78, 5) is 30.2. The highest BCUT2D eigenvalue weighted by molar-refractivity contribution is 8.00. The summed E-state index contributed by atoms with van der Waals surface area (Å²) >= 11 is 1.37. The van der Waals surface area contributed by atoms with E-state index in [9.17, 15) is 9.59 Å². The van der Waals surface area contributed by atoms with Crippen molar-refractivity contribution in [2.45, 2.75) is 69.7 Å². The molecule has 2 rings (SSSR count). The number of nitrogens with zero attached hydrogens (tertiary/aromatic N) is 2. The number of aryl methyl sites for hydroxylation is 1. The molecule has 1 aromatic heterocycles. The van der Waals surface area contributed by atoms with Crippen molar-refractivity contribution in [1.82, 2.24) is 14.9 Å². The third-order valence-electron chi connectivity index (χ3n) is 5.01. The summed E-state index contributed by atoms with van der Waals surface area (Å²) in [6.45, 7) is 6.74. The van der Waals surface area contributed by atoms with Gasteiger partial charge in [-0.2, -0.15) is 0 Å². The molecule has 1 amide bonds. The van der Waals surface area contributed by atoms with Gasteiger partial charge in [0, 0.05) is 31.3 Å². The van der Waals surface area contributed by atoms with Crippen LogP contribution in [0.3, 0.4) is 0 Å². The second kappa shape index (κ2) is 11.8. The zero-order valence-corrected chi connectivity index (χ0v) is 18.8. The molecule has 29 heavy (non-hydrogen) atoms. The predicted molar refractivity (Wildman–Crippen MR) is 121 cm³/mol. The zero-order valence-electron chi connectivity index (χ0n) is 18.0. The molecular formula is C23H33N3O2S. The average molecular weight is 416 g/mol. The molecule has 0 fully saturated rings. The SMILES string of the molecule is CCCCCCNC(=O)C(CC)Sc1nc(C)c(Cc2ccccc2)c(=O)n1C. The number of carbonyl (C=O) groups is 1. The summed E-state index contributed by atoms with van der Waals surface area (Å²) in [7, 11) is 1.74. The number of hydrogen-bond acceptors (Lipinski definition) is 4. The molecule has 5 nitrogen and oxygen atoms in total. The van der Waals surface area contributed by atoms with Crippen molar-refractivity contribution < 1.29 is 4.79 Å². The Bertz CT molecular complexity index is 849. The lowest BCUT2D eigenvalue weighted by atomic mass is 10.1. The molecule has 0 aliphatic carbocycles. The van der Waals surface area contributed by atoms with E-state index in [-0.39, 0.29) is 16.7 Å². The number of unbranched alkanes of at least 4 members (excludes halogenated alkanes) is 3. The fourth-order valence-corrected chi connectivity index (χ4v) is 4.21. The molecule has 0 saturated heterocycles. The molecule has 1 aromatic carbocycles. The molecule has 1 heterocycles. The van der Waals surface area contributed by atoms with Gasteiger partial charge in [-0.3, -0.25) is 14.2 Å². The molecule has 158 valence electrons. The summed E-state index contributed by atoms with van der Waals surface area (Å²) in [5.41, 5.74) is 2.48. The van der Waals surface area contributed by atoms with E-state index >= 15 is 0 Å². The van der Waals surface area contributed by atoms with E-state index in [2.05, 4.69) is 17.2 Å². The lowest BCUT2D eigenvalue weighted by Crippen LogP contribution is -2.34. The number of nitrogens with one attached hydrogen (secondary N) is 1. The molecule has 0 saturated carbocycles. The van der Waals surface area contributed by atoms with Crippen molar-refractivity contribution in [1.29, 1.82) is 0 Å². The Morgan fingerprint density at radius 3 is 2.55 bits per heavy atom. The normalized spacial score (nSPS) is 12.0. The first-order chi connectivity index (χ1) is 14.0. The Labute approximate surface area is 178 Å². The van der Waals surface area contributed by atoms with E-state index in [1.54, 1.807) is 11.6 Å². The number of rotatable bonds is 11. The monoisotopic (exact) mass is 415 g/mol. The topological polar surface area (TPSA) is 64.0 Å². The summed E-state index contributed by atoms with van der Waals surface area (Å²) < 4.78 is 1.58. The van der Waals surface area contributed by atoms with Crippen molar-refractivity contribution in [2.75, 3.05) is 6.54 Å². The fraction of sp³-hybridized carbons (Fsp3) is 0.522. The van der Waals surface area contributed by atoms with Crippen LogP contribution < -0.4 is 10.9 Å². The highest BCUT2D eigenvalue weighted by Gasteiger charge is 2.21. The molecule has 1 unspecified atom stereocenters. The fourth-order valence-electron chi connectivity index (χ4n) is 3.17. The van der Waals surface area contributed by atoms with Gasteiger partial charge in [0.15, 0.2) is 5.16 Å². The van der Waals surface area contributed by atoms with Gasteiger partial charge in [-0.15, -0.1) is 0 Å². The van der Waals surface area contributed by atoms with E-state index in [1.165, 1.54) is 24.6 Å². The highest BCUT2D eigenvalue weighted by Crippen LogP contribution is 2.24. The summed E-state index contributed by atoms with van der Waals surface area (Å²) in [5.74, 6) is 0.0225.